The summed E-state index contributed by atoms with van der Waals surface area (Å²) in [6.07, 6.45) is 3.34. The van der Waals surface area contributed by atoms with Gasteiger partial charge in [0.1, 0.15) is 5.75 Å². The van der Waals surface area contributed by atoms with Gasteiger partial charge in [-0.3, -0.25) is 14.4 Å². The molecule has 8 nitrogen and oxygen atoms in total. The zero-order valence-corrected chi connectivity index (χ0v) is 20.0. The van der Waals surface area contributed by atoms with Gasteiger partial charge >= 0.3 is 0 Å². The van der Waals surface area contributed by atoms with Crippen molar-refractivity contribution in [2.45, 2.75) is 24.8 Å². The zero-order valence-electron chi connectivity index (χ0n) is 18.3. The Morgan fingerprint density at radius 1 is 1.18 bits per heavy atom. The first kappa shape index (κ1) is 22.9. The molecule has 0 unspecified atom stereocenters. The standard InChI is InChI=1S/C23H24N4O4S2/c1-17-4-7-19(8-5-17)33(29,30)15-10-22(28)27(14-13-26-12-3-11-24-26)23-25-20-9-6-18(31-2)16-21(20)32-23/h3-9,11-12,16H,10,13-15H2,1-2H3. The van der Waals surface area contributed by atoms with Gasteiger partial charge in [0, 0.05) is 25.4 Å². The average molecular weight is 485 g/mol. The Hall–Kier alpha value is -3.24. The van der Waals surface area contributed by atoms with E-state index in [2.05, 4.69) is 10.1 Å². The van der Waals surface area contributed by atoms with Crippen LogP contribution in [-0.4, -0.2) is 48.5 Å². The number of nitrogens with zero attached hydrogens (tertiary/aromatic N) is 4. The number of carbonyl (C=O) groups excluding carboxylic acids is 1. The Bertz CT molecular complexity index is 1350. The van der Waals surface area contributed by atoms with Crippen LogP contribution in [0.25, 0.3) is 10.2 Å². The van der Waals surface area contributed by atoms with Gasteiger partial charge in [0.25, 0.3) is 0 Å². The van der Waals surface area contributed by atoms with Crippen molar-refractivity contribution in [3.63, 3.8) is 0 Å². The van der Waals surface area contributed by atoms with Crippen LogP contribution in [0.3, 0.4) is 0 Å². The SMILES string of the molecule is COc1ccc2nc(N(CCn3cccn3)C(=O)CCS(=O)(=O)c3ccc(C)cc3)sc2c1. The van der Waals surface area contributed by atoms with Crippen LogP contribution in [0.4, 0.5) is 5.13 Å². The second-order valence-corrected chi connectivity index (χ2v) is 10.6. The number of carbonyl (C=O) groups is 1. The number of ether oxygens (including phenoxy) is 1. The minimum absolute atomic E-state index is 0.144. The summed E-state index contributed by atoms with van der Waals surface area (Å²) in [4.78, 5) is 19.6. The van der Waals surface area contributed by atoms with Crippen LogP contribution in [0.2, 0.25) is 0 Å². The molecule has 0 spiro atoms. The summed E-state index contributed by atoms with van der Waals surface area (Å²) in [5, 5.41) is 4.70. The summed E-state index contributed by atoms with van der Waals surface area (Å²) in [6, 6.07) is 14.0. The second-order valence-electron chi connectivity index (χ2n) is 7.53. The first-order valence-corrected chi connectivity index (χ1v) is 12.8. The molecule has 0 atom stereocenters. The summed E-state index contributed by atoms with van der Waals surface area (Å²) >= 11 is 1.37. The molecule has 4 rings (SSSR count). The number of anilines is 1. The predicted molar refractivity (Wildman–Crippen MR) is 129 cm³/mol. The molecule has 0 aliphatic rings. The third-order valence-electron chi connectivity index (χ3n) is 5.19. The molecule has 0 bridgehead atoms. The van der Waals surface area contributed by atoms with E-state index in [0.29, 0.717) is 24.0 Å². The van der Waals surface area contributed by atoms with E-state index in [1.807, 2.05) is 37.4 Å². The minimum atomic E-state index is -3.58. The van der Waals surface area contributed by atoms with Gasteiger partial charge in [-0.1, -0.05) is 29.0 Å². The highest BCUT2D eigenvalue weighted by Crippen LogP contribution is 2.32. The number of benzene rings is 2. The largest absolute Gasteiger partial charge is 0.497 e. The lowest BCUT2D eigenvalue weighted by Crippen LogP contribution is -2.35. The van der Waals surface area contributed by atoms with E-state index in [-0.39, 0.29) is 23.0 Å². The van der Waals surface area contributed by atoms with Crippen molar-refractivity contribution in [1.29, 1.82) is 0 Å². The third kappa shape index (κ3) is 5.40. The molecule has 2 heterocycles. The zero-order chi connectivity index (χ0) is 23.4. The van der Waals surface area contributed by atoms with Gasteiger partial charge in [-0.2, -0.15) is 5.10 Å². The van der Waals surface area contributed by atoms with Gasteiger partial charge in [-0.15, -0.1) is 0 Å². The maximum absolute atomic E-state index is 13.2. The minimum Gasteiger partial charge on any atom is -0.497 e. The fourth-order valence-corrected chi connectivity index (χ4v) is 5.58. The Labute approximate surface area is 196 Å². The van der Waals surface area contributed by atoms with Crippen molar-refractivity contribution >= 4 is 42.4 Å². The number of methoxy groups -OCH3 is 1. The maximum Gasteiger partial charge on any atom is 0.229 e. The van der Waals surface area contributed by atoms with Gasteiger partial charge < -0.3 is 4.74 Å². The van der Waals surface area contributed by atoms with Crippen molar-refractivity contribution in [3.05, 3.63) is 66.5 Å². The topological polar surface area (TPSA) is 94.4 Å². The Morgan fingerprint density at radius 2 is 1.97 bits per heavy atom. The summed E-state index contributed by atoms with van der Waals surface area (Å²) in [6.45, 7) is 2.68. The molecule has 33 heavy (non-hydrogen) atoms. The molecule has 0 radical (unpaired) electrons. The smallest absolute Gasteiger partial charge is 0.229 e. The van der Waals surface area contributed by atoms with Crippen LogP contribution in [0.1, 0.15) is 12.0 Å². The summed E-state index contributed by atoms with van der Waals surface area (Å²) < 4.78 is 33.4. The molecule has 2 aromatic heterocycles. The molecule has 10 heteroatoms. The normalized spacial score (nSPS) is 11.6. The van der Waals surface area contributed by atoms with Crippen molar-refractivity contribution < 1.29 is 17.9 Å². The first-order chi connectivity index (χ1) is 15.9. The van der Waals surface area contributed by atoms with Crippen LogP contribution in [0.15, 0.2) is 65.8 Å². The number of aryl methyl sites for hydroxylation is 1. The van der Waals surface area contributed by atoms with Gasteiger partial charge in [0.05, 0.1) is 34.5 Å². The summed E-state index contributed by atoms with van der Waals surface area (Å²) in [5.74, 6) is 0.131. The number of thiazole rings is 1. The molecule has 0 saturated heterocycles. The van der Waals surface area contributed by atoms with Gasteiger partial charge in [0.15, 0.2) is 15.0 Å². The van der Waals surface area contributed by atoms with E-state index in [4.69, 9.17) is 4.74 Å². The quantitative estimate of drug-likeness (QED) is 0.360. The molecule has 0 aliphatic heterocycles. The van der Waals surface area contributed by atoms with E-state index in [1.165, 1.54) is 11.3 Å². The number of aromatic nitrogens is 3. The fraction of sp³-hybridized carbons (Fsp3) is 0.261. The van der Waals surface area contributed by atoms with E-state index in [0.717, 1.165) is 15.8 Å². The Morgan fingerprint density at radius 3 is 2.67 bits per heavy atom. The molecule has 1 amide bonds. The van der Waals surface area contributed by atoms with Crippen LogP contribution >= 0.6 is 11.3 Å². The Kier molecular flexibility index (Phi) is 6.75. The van der Waals surface area contributed by atoms with Crippen LogP contribution < -0.4 is 9.64 Å². The van der Waals surface area contributed by atoms with Crippen molar-refractivity contribution in [1.82, 2.24) is 14.8 Å². The second kappa shape index (κ2) is 9.72. The number of hydrogen-bond donors (Lipinski definition) is 0. The van der Waals surface area contributed by atoms with Gasteiger partial charge in [-0.05, 0) is 43.3 Å². The van der Waals surface area contributed by atoms with Crippen LogP contribution in [0, 0.1) is 6.92 Å². The molecular weight excluding hydrogens is 460 g/mol. The van der Waals surface area contributed by atoms with E-state index in [1.54, 1.807) is 47.2 Å². The van der Waals surface area contributed by atoms with E-state index < -0.39 is 9.84 Å². The molecule has 0 aliphatic carbocycles. The lowest BCUT2D eigenvalue weighted by molar-refractivity contribution is -0.118. The molecular formula is C23H24N4O4S2. The number of fused-ring (bicyclic) bond motifs is 1. The van der Waals surface area contributed by atoms with E-state index in [9.17, 15) is 13.2 Å². The van der Waals surface area contributed by atoms with Crippen LogP contribution in [-0.2, 0) is 21.2 Å². The summed E-state index contributed by atoms with van der Waals surface area (Å²) in [7, 11) is -1.98. The molecule has 172 valence electrons. The monoisotopic (exact) mass is 484 g/mol. The lowest BCUT2D eigenvalue weighted by atomic mass is 10.2. The number of sulfone groups is 1. The maximum atomic E-state index is 13.2. The highest BCUT2D eigenvalue weighted by Gasteiger charge is 2.23. The fourth-order valence-electron chi connectivity index (χ4n) is 3.32. The van der Waals surface area contributed by atoms with Crippen LogP contribution in [0.5, 0.6) is 5.75 Å². The first-order valence-electron chi connectivity index (χ1n) is 10.4. The third-order valence-corrected chi connectivity index (χ3v) is 7.97. The summed E-state index contributed by atoms with van der Waals surface area (Å²) in [5.41, 5.74) is 1.72. The predicted octanol–water partition coefficient (Wildman–Crippen LogP) is 3.71. The average Bonchev–Trinajstić information content (AvgIpc) is 3.47. The van der Waals surface area contributed by atoms with Gasteiger partial charge in [0.2, 0.25) is 5.91 Å². The van der Waals surface area contributed by atoms with Crippen molar-refractivity contribution in [3.8, 4) is 5.75 Å². The van der Waals surface area contributed by atoms with Gasteiger partial charge in [-0.25, -0.2) is 13.4 Å². The van der Waals surface area contributed by atoms with E-state index >= 15 is 0 Å². The molecule has 0 saturated carbocycles. The number of rotatable bonds is 9. The Balaban J connectivity index is 1.56. The number of hydrogen-bond acceptors (Lipinski definition) is 7. The highest BCUT2D eigenvalue weighted by atomic mass is 32.2. The molecule has 2 aromatic carbocycles. The lowest BCUT2D eigenvalue weighted by Gasteiger charge is -2.20. The van der Waals surface area contributed by atoms with Crippen molar-refractivity contribution in [2.75, 3.05) is 24.3 Å². The molecule has 0 N–H and O–H groups in total. The number of amides is 1. The van der Waals surface area contributed by atoms with Crippen molar-refractivity contribution in [2.24, 2.45) is 0 Å². The molecule has 0 fully saturated rings. The molecule has 4 aromatic rings. The highest BCUT2D eigenvalue weighted by molar-refractivity contribution is 7.91.